The molecule has 0 heterocycles. The highest BCUT2D eigenvalue weighted by Crippen LogP contribution is 2.28. The van der Waals surface area contributed by atoms with Gasteiger partial charge in [0.2, 0.25) is 5.91 Å². The van der Waals surface area contributed by atoms with Crippen LogP contribution in [0.4, 0.5) is 5.69 Å². The van der Waals surface area contributed by atoms with Crippen LogP contribution >= 0.6 is 11.8 Å². The molecule has 1 aliphatic carbocycles. The third kappa shape index (κ3) is 4.57. The van der Waals surface area contributed by atoms with Crippen molar-refractivity contribution < 1.29 is 4.79 Å². The lowest BCUT2D eigenvalue weighted by Crippen LogP contribution is -2.08. The SMILES string of the molecule is O=C(C=CSC1CCCCC1)Nc1ccccc1. The summed E-state index contributed by atoms with van der Waals surface area (Å²) in [4.78, 5) is 11.6. The summed E-state index contributed by atoms with van der Waals surface area (Å²) < 4.78 is 0. The number of hydrogen-bond donors (Lipinski definition) is 1. The highest BCUT2D eigenvalue weighted by molar-refractivity contribution is 8.02. The van der Waals surface area contributed by atoms with Gasteiger partial charge in [-0.1, -0.05) is 37.5 Å². The van der Waals surface area contributed by atoms with Crippen molar-refractivity contribution in [3.05, 3.63) is 41.8 Å². The molecular weight excluding hydrogens is 242 g/mol. The number of hydrogen-bond acceptors (Lipinski definition) is 2. The van der Waals surface area contributed by atoms with Gasteiger partial charge >= 0.3 is 0 Å². The molecule has 0 aliphatic heterocycles. The van der Waals surface area contributed by atoms with Gasteiger partial charge in [-0.2, -0.15) is 0 Å². The van der Waals surface area contributed by atoms with E-state index in [1.165, 1.54) is 32.1 Å². The van der Waals surface area contributed by atoms with Gasteiger partial charge in [0.1, 0.15) is 0 Å². The zero-order valence-electron chi connectivity index (χ0n) is 10.5. The second-order valence-corrected chi connectivity index (χ2v) is 5.77. The lowest BCUT2D eigenvalue weighted by Gasteiger charge is -2.18. The van der Waals surface area contributed by atoms with Crippen LogP contribution in [0, 0.1) is 0 Å². The van der Waals surface area contributed by atoms with Crippen molar-refractivity contribution in [1.29, 1.82) is 0 Å². The number of amides is 1. The number of nitrogens with one attached hydrogen (secondary N) is 1. The lowest BCUT2D eigenvalue weighted by molar-refractivity contribution is -0.111. The summed E-state index contributed by atoms with van der Waals surface area (Å²) in [5.41, 5.74) is 0.842. The standard InChI is InChI=1S/C15H19NOS/c17-15(16-13-7-3-1-4-8-13)11-12-18-14-9-5-2-6-10-14/h1,3-4,7-8,11-12,14H,2,5-6,9-10H2,(H,16,17). The molecule has 0 atom stereocenters. The zero-order valence-corrected chi connectivity index (χ0v) is 11.3. The molecule has 3 heteroatoms. The van der Waals surface area contributed by atoms with Gasteiger partial charge in [0.15, 0.2) is 0 Å². The van der Waals surface area contributed by atoms with Crippen molar-refractivity contribution in [3.8, 4) is 0 Å². The van der Waals surface area contributed by atoms with E-state index in [1.54, 1.807) is 17.8 Å². The third-order valence-electron chi connectivity index (χ3n) is 3.08. The van der Waals surface area contributed by atoms with Crippen molar-refractivity contribution in [2.24, 2.45) is 0 Å². The third-order valence-corrected chi connectivity index (χ3v) is 4.23. The number of carbonyl (C=O) groups is 1. The van der Waals surface area contributed by atoms with Gasteiger partial charge in [-0.15, -0.1) is 11.8 Å². The molecule has 1 aromatic carbocycles. The van der Waals surface area contributed by atoms with Crippen LogP contribution in [0.3, 0.4) is 0 Å². The minimum atomic E-state index is -0.0514. The molecule has 2 rings (SSSR count). The van der Waals surface area contributed by atoms with Crippen LogP contribution in [-0.4, -0.2) is 11.2 Å². The van der Waals surface area contributed by atoms with Crippen LogP contribution in [0.1, 0.15) is 32.1 Å². The van der Waals surface area contributed by atoms with Crippen molar-refractivity contribution in [3.63, 3.8) is 0 Å². The molecule has 1 fully saturated rings. The Balaban J connectivity index is 1.73. The lowest BCUT2D eigenvalue weighted by atomic mass is 10.0. The summed E-state index contributed by atoms with van der Waals surface area (Å²) in [5.74, 6) is -0.0514. The Kier molecular flexibility index (Phi) is 5.34. The van der Waals surface area contributed by atoms with Gasteiger partial charge in [-0.05, 0) is 30.4 Å². The van der Waals surface area contributed by atoms with Gasteiger partial charge in [0.05, 0.1) is 0 Å². The number of carbonyl (C=O) groups excluding carboxylic acids is 1. The zero-order chi connectivity index (χ0) is 12.6. The maximum atomic E-state index is 11.6. The van der Waals surface area contributed by atoms with E-state index < -0.39 is 0 Å². The number of thioether (sulfide) groups is 1. The van der Waals surface area contributed by atoms with E-state index in [1.807, 2.05) is 35.7 Å². The van der Waals surface area contributed by atoms with E-state index in [0.29, 0.717) is 5.25 Å². The molecule has 0 bridgehead atoms. The first-order valence-electron chi connectivity index (χ1n) is 6.52. The topological polar surface area (TPSA) is 29.1 Å². The summed E-state index contributed by atoms with van der Waals surface area (Å²) in [6.07, 6.45) is 8.25. The summed E-state index contributed by atoms with van der Waals surface area (Å²) in [6, 6.07) is 9.54. The summed E-state index contributed by atoms with van der Waals surface area (Å²) >= 11 is 1.79. The quantitative estimate of drug-likeness (QED) is 0.823. The van der Waals surface area contributed by atoms with Crippen LogP contribution < -0.4 is 5.32 Å². The molecule has 2 nitrogen and oxygen atoms in total. The molecule has 1 aliphatic rings. The average molecular weight is 261 g/mol. The van der Waals surface area contributed by atoms with Gasteiger partial charge in [0.25, 0.3) is 0 Å². The Labute approximate surface area is 113 Å². The fourth-order valence-electron chi connectivity index (χ4n) is 2.12. The highest BCUT2D eigenvalue weighted by Gasteiger charge is 2.12. The van der Waals surface area contributed by atoms with Gasteiger partial charge < -0.3 is 5.32 Å². The van der Waals surface area contributed by atoms with Gasteiger partial charge in [0, 0.05) is 17.0 Å². The maximum Gasteiger partial charge on any atom is 0.248 e. The highest BCUT2D eigenvalue weighted by atomic mass is 32.2. The van der Waals surface area contributed by atoms with Crippen LogP contribution in [0.5, 0.6) is 0 Å². The fourth-order valence-corrected chi connectivity index (χ4v) is 3.15. The second kappa shape index (κ2) is 7.27. The Bertz CT molecular complexity index is 396. The van der Waals surface area contributed by atoms with Crippen LogP contribution in [-0.2, 0) is 4.79 Å². The van der Waals surface area contributed by atoms with Crippen LogP contribution in [0.15, 0.2) is 41.8 Å². The number of anilines is 1. The van der Waals surface area contributed by atoms with Crippen molar-refractivity contribution >= 4 is 23.4 Å². The minimum Gasteiger partial charge on any atom is -0.322 e. The van der Waals surface area contributed by atoms with Crippen molar-refractivity contribution in [2.75, 3.05) is 5.32 Å². The molecule has 0 radical (unpaired) electrons. The number of rotatable bonds is 4. The monoisotopic (exact) mass is 261 g/mol. The molecule has 1 aromatic rings. The van der Waals surface area contributed by atoms with Crippen molar-refractivity contribution in [1.82, 2.24) is 0 Å². The van der Waals surface area contributed by atoms with E-state index in [0.717, 1.165) is 5.69 Å². The van der Waals surface area contributed by atoms with E-state index in [4.69, 9.17) is 0 Å². The fraction of sp³-hybridized carbons (Fsp3) is 0.400. The minimum absolute atomic E-state index is 0.0514. The summed E-state index contributed by atoms with van der Waals surface area (Å²) in [6.45, 7) is 0. The predicted octanol–water partition coefficient (Wildman–Crippen LogP) is 4.20. The van der Waals surface area contributed by atoms with Crippen molar-refractivity contribution in [2.45, 2.75) is 37.4 Å². The summed E-state index contributed by atoms with van der Waals surface area (Å²) in [5, 5.41) is 5.49. The van der Waals surface area contributed by atoms with Crippen LogP contribution in [0.25, 0.3) is 0 Å². The molecule has 1 saturated carbocycles. The first kappa shape index (κ1) is 13.2. The Morgan fingerprint density at radius 2 is 1.89 bits per heavy atom. The van der Waals surface area contributed by atoms with Gasteiger partial charge in [-0.25, -0.2) is 0 Å². The number of para-hydroxylation sites is 1. The van der Waals surface area contributed by atoms with E-state index >= 15 is 0 Å². The molecule has 0 unspecified atom stereocenters. The first-order valence-corrected chi connectivity index (χ1v) is 7.47. The predicted molar refractivity (Wildman–Crippen MR) is 78.7 cm³/mol. The van der Waals surface area contributed by atoms with E-state index in [9.17, 15) is 4.79 Å². The normalized spacial score (nSPS) is 16.9. The Hall–Kier alpha value is -1.22. The van der Waals surface area contributed by atoms with E-state index in [-0.39, 0.29) is 5.91 Å². The molecule has 0 aromatic heterocycles. The summed E-state index contributed by atoms with van der Waals surface area (Å²) in [7, 11) is 0. The molecule has 96 valence electrons. The second-order valence-electron chi connectivity index (χ2n) is 4.55. The molecule has 0 saturated heterocycles. The Morgan fingerprint density at radius 1 is 1.17 bits per heavy atom. The molecule has 1 amide bonds. The Morgan fingerprint density at radius 3 is 2.61 bits per heavy atom. The molecule has 18 heavy (non-hydrogen) atoms. The number of benzene rings is 1. The van der Waals surface area contributed by atoms with E-state index in [2.05, 4.69) is 5.32 Å². The molecule has 1 N–H and O–H groups in total. The van der Waals surface area contributed by atoms with Crippen LogP contribution in [0.2, 0.25) is 0 Å². The first-order chi connectivity index (χ1) is 8.84. The average Bonchev–Trinajstić information content (AvgIpc) is 2.41. The van der Waals surface area contributed by atoms with Gasteiger partial charge in [-0.3, -0.25) is 4.79 Å². The molecular formula is C15H19NOS. The maximum absolute atomic E-state index is 11.6. The molecule has 0 spiro atoms. The smallest absolute Gasteiger partial charge is 0.248 e. The largest absolute Gasteiger partial charge is 0.322 e.